The van der Waals surface area contributed by atoms with E-state index in [1.54, 1.807) is 7.11 Å². The van der Waals surface area contributed by atoms with E-state index in [0.29, 0.717) is 6.04 Å². The van der Waals surface area contributed by atoms with Crippen molar-refractivity contribution in [1.82, 2.24) is 9.88 Å². The number of ether oxygens (including phenoxy) is 1. The fraction of sp³-hybridized carbons (Fsp3) is 0.423. The third-order valence-electron chi connectivity index (χ3n) is 7.26. The monoisotopic (exact) mass is 401 g/mol. The molecule has 2 bridgehead atoms. The second kappa shape index (κ2) is 8.27. The van der Waals surface area contributed by atoms with Crippen molar-refractivity contribution in [2.75, 3.05) is 25.5 Å². The lowest BCUT2D eigenvalue weighted by Crippen LogP contribution is -2.56. The van der Waals surface area contributed by atoms with Gasteiger partial charge in [0.2, 0.25) is 0 Å². The molecule has 0 aliphatic carbocycles. The SMILES string of the molecule is CCC1CN2CCC1C[C@@H]2[C@@H](Nc1ccccc1)c1ccnc2ccc(OC)cc12. The highest BCUT2D eigenvalue weighted by atomic mass is 16.5. The number of benzene rings is 2. The summed E-state index contributed by atoms with van der Waals surface area (Å²) in [6, 6.07) is 19.7. The molecule has 30 heavy (non-hydrogen) atoms. The molecule has 3 saturated heterocycles. The van der Waals surface area contributed by atoms with Gasteiger partial charge in [0.25, 0.3) is 0 Å². The number of nitrogens with zero attached hydrogens (tertiary/aromatic N) is 2. The first-order valence-electron chi connectivity index (χ1n) is 11.2. The second-order valence-corrected chi connectivity index (χ2v) is 8.79. The van der Waals surface area contributed by atoms with Crippen molar-refractivity contribution in [2.45, 2.75) is 38.3 Å². The molecule has 6 rings (SSSR count). The number of pyridine rings is 1. The number of anilines is 1. The maximum absolute atomic E-state index is 5.54. The zero-order valence-corrected chi connectivity index (χ0v) is 17.9. The molecule has 0 amide bonds. The molecule has 3 unspecified atom stereocenters. The van der Waals surface area contributed by atoms with E-state index >= 15 is 0 Å². The van der Waals surface area contributed by atoms with E-state index in [1.165, 1.54) is 49.0 Å². The maximum Gasteiger partial charge on any atom is 0.119 e. The number of hydrogen-bond donors (Lipinski definition) is 1. The van der Waals surface area contributed by atoms with Crippen LogP contribution in [-0.4, -0.2) is 36.1 Å². The van der Waals surface area contributed by atoms with Gasteiger partial charge in [0, 0.05) is 29.9 Å². The molecule has 1 N–H and O–H groups in total. The fourth-order valence-corrected chi connectivity index (χ4v) is 5.63. The molecule has 1 aromatic heterocycles. The number of nitrogens with one attached hydrogen (secondary N) is 1. The normalized spacial score (nSPS) is 26.5. The number of piperidine rings is 3. The van der Waals surface area contributed by atoms with Gasteiger partial charge in [-0.05, 0) is 73.2 Å². The van der Waals surface area contributed by atoms with Crippen LogP contribution < -0.4 is 10.1 Å². The van der Waals surface area contributed by atoms with E-state index in [1.807, 2.05) is 12.3 Å². The van der Waals surface area contributed by atoms with Gasteiger partial charge in [-0.3, -0.25) is 9.88 Å². The summed E-state index contributed by atoms with van der Waals surface area (Å²) in [7, 11) is 1.73. The highest BCUT2D eigenvalue weighted by Crippen LogP contribution is 2.44. The van der Waals surface area contributed by atoms with Crippen LogP contribution in [0.2, 0.25) is 0 Å². The van der Waals surface area contributed by atoms with Gasteiger partial charge in [0.1, 0.15) is 5.75 Å². The van der Waals surface area contributed by atoms with Crippen molar-refractivity contribution >= 4 is 16.6 Å². The summed E-state index contributed by atoms with van der Waals surface area (Å²) in [5, 5.41) is 5.08. The molecule has 0 radical (unpaired) electrons. The quantitative estimate of drug-likeness (QED) is 0.590. The van der Waals surface area contributed by atoms with Crippen molar-refractivity contribution in [2.24, 2.45) is 11.8 Å². The van der Waals surface area contributed by atoms with Gasteiger partial charge in [-0.1, -0.05) is 31.5 Å². The first-order valence-corrected chi connectivity index (χ1v) is 11.2. The molecule has 5 atom stereocenters. The van der Waals surface area contributed by atoms with Crippen LogP contribution in [-0.2, 0) is 0 Å². The Balaban J connectivity index is 1.58. The summed E-state index contributed by atoms with van der Waals surface area (Å²) >= 11 is 0. The average molecular weight is 402 g/mol. The molecule has 4 heterocycles. The second-order valence-electron chi connectivity index (χ2n) is 8.79. The smallest absolute Gasteiger partial charge is 0.119 e. The van der Waals surface area contributed by atoms with Crippen LogP contribution in [0, 0.1) is 11.8 Å². The summed E-state index contributed by atoms with van der Waals surface area (Å²) in [6.07, 6.45) is 5.85. The van der Waals surface area contributed by atoms with Crippen LogP contribution in [0.25, 0.3) is 10.9 Å². The van der Waals surface area contributed by atoms with Gasteiger partial charge in [0.05, 0.1) is 18.7 Å². The average Bonchev–Trinajstić information content (AvgIpc) is 2.82. The topological polar surface area (TPSA) is 37.4 Å². The lowest BCUT2D eigenvalue weighted by molar-refractivity contribution is -0.00780. The summed E-state index contributed by atoms with van der Waals surface area (Å²) in [5.74, 6) is 2.57. The molecule has 156 valence electrons. The molecule has 0 spiro atoms. The van der Waals surface area contributed by atoms with Crippen molar-refractivity contribution in [1.29, 1.82) is 0 Å². The zero-order chi connectivity index (χ0) is 20.5. The first-order chi connectivity index (χ1) is 14.8. The minimum Gasteiger partial charge on any atom is -0.497 e. The van der Waals surface area contributed by atoms with Crippen LogP contribution in [0.5, 0.6) is 5.75 Å². The Labute approximate surface area is 179 Å². The van der Waals surface area contributed by atoms with Gasteiger partial charge in [-0.25, -0.2) is 0 Å². The summed E-state index contributed by atoms with van der Waals surface area (Å²) in [6.45, 7) is 4.79. The Kier molecular flexibility index (Phi) is 5.34. The minimum absolute atomic E-state index is 0.214. The first kappa shape index (κ1) is 19.4. The molecular formula is C26H31N3O. The van der Waals surface area contributed by atoms with Gasteiger partial charge < -0.3 is 10.1 Å². The van der Waals surface area contributed by atoms with Gasteiger partial charge in [-0.15, -0.1) is 0 Å². The molecule has 3 aliphatic rings. The van der Waals surface area contributed by atoms with Crippen molar-refractivity contribution in [3.8, 4) is 5.75 Å². The maximum atomic E-state index is 5.54. The zero-order valence-electron chi connectivity index (χ0n) is 17.9. The van der Waals surface area contributed by atoms with Crippen molar-refractivity contribution < 1.29 is 4.74 Å². The lowest BCUT2D eigenvalue weighted by Gasteiger charge is -2.52. The fourth-order valence-electron chi connectivity index (χ4n) is 5.63. The third kappa shape index (κ3) is 3.54. The predicted molar refractivity (Wildman–Crippen MR) is 123 cm³/mol. The molecule has 0 saturated carbocycles. The molecule has 4 nitrogen and oxygen atoms in total. The summed E-state index contributed by atoms with van der Waals surface area (Å²) in [4.78, 5) is 7.37. The van der Waals surface area contributed by atoms with E-state index in [4.69, 9.17) is 4.74 Å². The number of aromatic nitrogens is 1. The van der Waals surface area contributed by atoms with Crippen molar-refractivity contribution in [3.05, 3.63) is 66.4 Å². The van der Waals surface area contributed by atoms with Crippen LogP contribution in [0.15, 0.2) is 60.8 Å². The molecule has 3 fully saturated rings. The van der Waals surface area contributed by atoms with E-state index in [9.17, 15) is 0 Å². The Hall–Kier alpha value is -2.59. The molecule has 4 heteroatoms. The van der Waals surface area contributed by atoms with Crippen molar-refractivity contribution in [3.63, 3.8) is 0 Å². The van der Waals surface area contributed by atoms with Gasteiger partial charge in [0.15, 0.2) is 0 Å². The molecular weight excluding hydrogens is 370 g/mol. The molecule has 2 aromatic carbocycles. The van der Waals surface area contributed by atoms with E-state index < -0.39 is 0 Å². The third-order valence-corrected chi connectivity index (χ3v) is 7.26. The predicted octanol–water partition coefficient (Wildman–Crippen LogP) is 5.52. The standard InChI is InChI=1S/C26H31N3O/c1-3-18-17-29-14-12-19(18)15-25(29)26(28-20-7-5-4-6-8-20)22-11-13-27-24-10-9-21(30-2)16-23(22)24/h4-11,13,16,18-19,25-26,28H,3,12,14-15,17H2,1-2H3/t18?,19?,25-,26+/m1/s1. The van der Waals surface area contributed by atoms with Crippen LogP contribution in [0.1, 0.15) is 37.8 Å². The number of hydrogen-bond acceptors (Lipinski definition) is 4. The largest absolute Gasteiger partial charge is 0.497 e. The Morgan fingerprint density at radius 1 is 1.17 bits per heavy atom. The Morgan fingerprint density at radius 2 is 2.03 bits per heavy atom. The highest BCUT2D eigenvalue weighted by molar-refractivity contribution is 5.84. The lowest BCUT2D eigenvalue weighted by atomic mass is 9.72. The van der Waals surface area contributed by atoms with Crippen LogP contribution in [0.3, 0.4) is 0 Å². The van der Waals surface area contributed by atoms with Crippen LogP contribution in [0.4, 0.5) is 5.69 Å². The summed E-state index contributed by atoms with van der Waals surface area (Å²) in [5.41, 5.74) is 3.51. The van der Waals surface area contributed by atoms with Gasteiger partial charge in [-0.2, -0.15) is 0 Å². The summed E-state index contributed by atoms with van der Waals surface area (Å²) < 4.78 is 5.54. The Morgan fingerprint density at radius 3 is 2.77 bits per heavy atom. The van der Waals surface area contributed by atoms with Gasteiger partial charge >= 0.3 is 0 Å². The van der Waals surface area contributed by atoms with Crippen LogP contribution >= 0.6 is 0 Å². The van der Waals surface area contributed by atoms with E-state index in [-0.39, 0.29) is 6.04 Å². The highest BCUT2D eigenvalue weighted by Gasteiger charge is 2.43. The number of para-hydroxylation sites is 1. The van der Waals surface area contributed by atoms with E-state index in [0.717, 1.165) is 23.1 Å². The Bertz CT molecular complexity index is 1010. The number of methoxy groups -OCH3 is 1. The molecule has 3 aromatic rings. The number of rotatable bonds is 6. The molecule has 3 aliphatic heterocycles. The minimum atomic E-state index is 0.214. The number of fused-ring (bicyclic) bond motifs is 4. The van der Waals surface area contributed by atoms with E-state index in [2.05, 4.69) is 70.7 Å².